The lowest BCUT2D eigenvalue weighted by Crippen LogP contribution is -2.52. The average molecular weight is 543 g/mol. The van der Waals surface area contributed by atoms with Crippen LogP contribution in [0.5, 0.6) is 0 Å². The minimum absolute atomic E-state index is 0.0240. The number of carbonyl (C=O) groups is 3. The third-order valence-corrected chi connectivity index (χ3v) is 7.12. The molecular formula is C31H46N2O6. The molecule has 0 bridgehead atoms. The zero-order chi connectivity index (χ0) is 28.3. The van der Waals surface area contributed by atoms with Gasteiger partial charge in [0.25, 0.3) is 0 Å². The standard InChI is InChI=1S/C31H46N2O6/c1-3-5-7-15-27(22-25-13-8-6-9-14-25)30(37)39-24-31(16-10-11-17-31)33-29(36)26(12-4-2)23-28(35)32-18-20-38-21-19-34/h3-4,6,8-9,13-14,26-27,34H,1-2,5,7,10-12,15-24H2,(H,32,35)(H,33,36)/t26-,27+/m0/s1. The highest BCUT2D eigenvalue weighted by molar-refractivity contribution is 5.86. The minimum atomic E-state index is -0.626. The first-order chi connectivity index (χ1) is 18.9. The first-order valence-electron chi connectivity index (χ1n) is 14.1. The molecule has 1 saturated carbocycles. The van der Waals surface area contributed by atoms with Crippen LogP contribution in [0.4, 0.5) is 0 Å². The summed E-state index contributed by atoms with van der Waals surface area (Å²) in [6, 6.07) is 9.93. The van der Waals surface area contributed by atoms with Crippen LogP contribution in [0.25, 0.3) is 0 Å². The summed E-state index contributed by atoms with van der Waals surface area (Å²) in [5, 5.41) is 14.7. The molecule has 1 aromatic rings. The maximum Gasteiger partial charge on any atom is 0.309 e. The van der Waals surface area contributed by atoms with Gasteiger partial charge in [-0.25, -0.2) is 0 Å². The lowest BCUT2D eigenvalue weighted by Gasteiger charge is -2.32. The average Bonchev–Trinajstić information content (AvgIpc) is 3.40. The number of aliphatic hydroxyl groups excluding tert-OH is 1. The van der Waals surface area contributed by atoms with Crippen molar-refractivity contribution in [2.45, 2.75) is 69.7 Å². The summed E-state index contributed by atoms with van der Waals surface area (Å²) < 4.78 is 11.0. The lowest BCUT2D eigenvalue weighted by atomic mass is 9.93. The van der Waals surface area contributed by atoms with Crippen molar-refractivity contribution in [3.63, 3.8) is 0 Å². The van der Waals surface area contributed by atoms with Crippen LogP contribution in [0.3, 0.4) is 0 Å². The molecule has 0 saturated heterocycles. The first kappa shape index (κ1) is 32.2. The van der Waals surface area contributed by atoms with Gasteiger partial charge in [0, 0.05) is 13.0 Å². The van der Waals surface area contributed by atoms with Crippen molar-refractivity contribution in [1.29, 1.82) is 0 Å². The normalized spacial score (nSPS) is 15.6. The predicted octanol–water partition coefficient (Wildman–Crippen LogP) is 3.88. The minimum Gasteiger partial charge on any atom is -0.463 e. The van der Waals surface area contributed by atoms with Crippen molar-refractivity contribution in [3.8, 4) is 0 Å². The molecule has 1 fully saturated rings. The van der Waals surface area contributed by atoms with E-state index < -0.39 is 11.5 Å². The second kappa shape index (κ2) is 18.3. The van der Waals surface area contributed by atoms with Crippen LogP contribution >= 0.6 is 0 Å². The number of amides is 2. The Morgan fingerprint density at radius 1 is 1.05 bits per heavy atom. The van der Waals surface area contributed by atoms with Gasteiger partial charge in [-0.2, -0.15) is 0 Å². The number of unbranched alkanes of at least 4 members (excludes halogenated alkanes) is 1. The molecule has 3 N–H and O–H groups in total. The largest absolute Gasteiger partial charge is 0.463 e. The zero-order valence-electron chi connectivity index (χ0n) is 23.2. The quantitative estimate of drug-likeness (QED) is 0.131. The Morgan fingerprint density at radius 3 is 2.46 bits per heavy atom. The molecule has 2 amide bonds. The monoisotopic (exact) mass is 542 g/mol. The predicted molar refractivity (Wildman–Crippen MR) is 152 cm³/mol. The van der Waals surface area contributed by atoms with Crippen LogP contribution in [-0.4, -0.2) is 61.4 Å². The SMILES string of the molecule is C=CCCC[C@H](Cc1ccccc1)C(=O)OCC1(NC(=O)[C@@H](CC=C)CC(=O)NCCOCCO)CCCC1. The van der Waals surface area contributed by atoms with Gasteiger partial charge in [-0.15, -0.1) is 13.2 Å². The Balaban J connectivity index is 1.97. The van der Waals surface area contributed by atoms with Gasteiger partial charge in [-0.3, -0.25) is 14.4 Å². The second-order valence-electron chi connectivity index (χ2n) is 10.3. The summed E-state index contributed by atoms with van der Waals surface area (Å²) in [6.45, 7) is 8.39. The van der Waals surface area contributed by atoms with Crippen molar-refractivity contribution in [1.82, 2.24) is 10.6 Å². The molecule has 0 heterocycles. The number of carbonyl (C=O) groups excluding carboxylic acids is 3. The van der Waals surface area contributed by atoms with Gasteiger partial charge >= 0.3 is 5.97 Å². The van der Waals surface area contributed by atoms with Crippen LogP contribution < -0.4 is 10.6 Å². The Morgan fingerprint density at radius 2 is 1.79 bits per heavy atom. The van der Waals surface area contributed by atoms with Gasteiger partial charge in [0.2, 0.25) is 11.8 Å². The maximum absolute atomic E-state index is 13.3. The van der Waals surface area contributed by atoms with Gasteiger partial charge in [0.15, 0.2) is 0 Å². The number of nitrogens with one attached hydrogen (secondary N) is 2. The van der Waals surface area contributed by atoms with E-state index in [-0.39, 0.29) is 56.5 Å². The van der Waals surface area contributed by atoms with Crippen molar-refractivity contribution in [2.75, 3.05) is 33.0 Å². The summed E-state index contributed by atoms with van der Waals surface area (Å²) in [5.74, 6) is -1.56. The summed E-state index contributed by atoms with van der Waals surface area (Å²) in [7, 11) is 0. The Labute approximate surface area is 233 Å². The molecule has 39 heavy (non-hydrogen) atoms. The lowest BCUT2D eigenvalue weighted by molar-refractivity contribution is -0.152. The maximum atomic E-state index is 13.3. The van der Waals surface area contributed by atoms with E-state index in [1.54, 1.807) is 6.08 Å². The molecule has 1 aliphatic rings. The summed E-state index contributed by atoms with van der Waals surface area (Å²) in [4.78, 5) is 38.9. The number of hydrogen-bond acceptors (Lipinski definition) is 6. The molecule has 0 aromatic heterocycles. The number of rotatable bonds is 20. The molecule has 216 valence electrons. The second-order valence-corrected chi connectivity index (χ2v) is 10.3. The number of esters is 1. The molecule has 1 aromatic carbocycles. The van der Waals surface area contributed by atoms with Crippen LogP contribution in [0.2, 0.25) is 0 Å². The number of hydrogen-bond donors (Lipinski definition) is 3. The molecule has 8 nitrogen and oxygen atoms in total. The zero-order valence-corrected chi connectivity index (χ0v) is 23.2. The molecule has 2 rings (SSSR count). The van der Waals surface area contributed by atoms with E-state index >= 15 is 0 Å². The van der Waals surface area contributed by atoms with Crippen molar-refractivity contribution in [3.05, 3.63) is 61.2 Å². The van der Waals surface area contributed by atoms with Crippen LogP contribution in [0.15, 0.2) is 55.6 Å². The molecule has 8 heteroatoms. The summed E-state index contributed by atoms with van der Waals surface area (Å²) in [5.41, 5.74) is 0.464. The number of aliphatic hydroxyl groups is 1. The van der Waals surface area contributed by atoms with E-state index in [0.29, 0.717) is 25.8 Å². The topological polar surface area (TPSA) is 114 Å². The van der Waals surface area contributed by atoms with Gasteiger partial charge in [0.05, 0.1) is 37.2 Å². The van der Waals surface area contributed by atoms with E-state index in [1.807, 2.05) is 36.4 Å². The third-order valence-electron chi connectivity index (χ3n) is 7.12. The highest BCUT2D eigenvalue weighted by atomic mass is 16.5. The Bertz CT molecular complexity index is 898. The smallest absolute Gasteiger partial charge is 0.309 e. The Hall–Kier alpha value is -2.97. The molecule has 1 aliphatic carbocycles. The van der Waals surface area contributed by atoms with Gasteiger partial charge < -0.3 is 25.2 Å². The fraction of sp³-hybridized carbons (Fsp3) is 0.581. The van der Waals surface area contributed by atoms with E-state index in [0.717, 1.165) is 44.1 Å². The fourth-order valence-corrected chi connectivity index (χ4v) is 4.97. The first-order valence-corrected chi connectivity index (χ1v) is 14.1. The van der Waals surface area contributed by atoms with Crippen LogP contribution in [-0.2, 0) is 30.3 Å². The fourth-order valence-electron chi connectivity index (χ4n) is 4.97. The Kier molecular flexibility index (Phi) is 15.2. The van der Waals surface area contributed by atoms with Crippen molar-refractivity contribution < 1.29 is 29.0 Å². The molecule has 0 spiro atoms. The highest BCUT2D eigenvalue weighted by Crippen LogP contribution is 2.31. The molecule has 0 aliphatic heterocycles. The molecule has 0 radical (unpaired) electrons. The van der Waals surface area contributed by atoms with Crippen molar-refractivity contribution >= 4 is 17.8 Å². The van der Waals surface area contributed by atoms with Crippen LogP contribution in [0, 0.1) is 11.8 Å². The van der Waals surface area contributed by atoms with Crippen molar-refractivity contribution in [2.24, 2.45) is 11.8 Å². The van der Waals surface area contributed by atoms with E-state index in [9.17, 15) is 14.4 Å². The number of allylic oxidation sites excluding steroid dienone is 2. The number of benzene rings is 1. The van der Waals surface area contributed by atoms with E-state index in [4.69, 9.17) is 14.6 Å². The highest BCUT2D eigenvalue weighted by Gasteiger charge is 2.39. The molecular weight excluding hydrogens is 496 g/mol. The van der Waals surface area contributed by atoms with Gasteiger partial charge in [0.1, 0.15) is 6.61 Å². The van der Waals surface area contributed by atoms with E-state index in [1.165, 1.54) is 0 Å². The summed E-state index contributed by atoms with van der Waals surface area (Å²) in [6.07, 6.45) is 10.2. The third kappa shape index (κ3) is 12.2. The molecule has 0 unspecified atom stereocenters. The van der Waals surface area contributed by atoms with Crippen LogP contribution in [0.1, 0.15) is 63.4 Å². The van der Waals surface area contributed by atoms with E-state index in [2.05, 4.69) is 23.8 Å². The summed E-state index contributed by atoms with van der Waals surface area (Å²) >= 11 is 0. The van der Waals surface area contributed by atoms with Gasteiger partial charge in [-0.05, 0) is 50.5 Å². The molecule has 2 atom stereocenters. The number of ether oxygens (including phenoxy) is 2. The van der Waals surface area contributed by atoms with Gasteiger partial charge in [-0.1, -0.05) is 55.3 Å².